The molecule has 0 heterocycles. The van der Waals surface area contributed by atoms with Gasteiger partial charge in [0.15, 0.2) is 0 Å². The lowest BCUT2D eigenvalue weighted by molar-refractivity contribution is 0.220. The average Bonchev–Trinajstić information content (AvgIpc) is 2.50. The van der Waals surface area contributed by atoms with E-state index in [2.05, 4.69) is 4.99 Å². The van der Waals surface area contributed by atoms with Crippen molar-refractivity contribution in [2.75, 3.05) is 0 Å². The monoisotopic (exact) mass is 179 g/mol. The highest BCUT2D eigenvalue weighted by molar-refractivity contribution is 5.65. The minimum Gasteiger partial charge on any atom is -0.387 e. The molecule has 1 aliphatic carbocycles. The summed E-state index contributed by atoms with van der Waals surface area (Å²) in [6.07, 6.45) is 8.97. The molecule has 0 aromatic carbocycles. The van der Waals surface area contributed by atoms with Crippen LogP contribution in [0.1, 0.15) is 20.8 Å². The summed E-state index contributed by atoms with van der Waals surface area (Å²) in [7, 11) is 0. The first-order valence-electron chi connectivity index (χ1n) is 4.57. The van der Waals surface area contributed by atoms with Crippen LogP contribution in [0.5, 0.6) is 0 Å². The number of aliphatic hydroxyl groups excluding tert-OH is 1. The van der Waals surface area contributed by atoms with Gasteiger partial charge in [0.25, 0.3) is 0 Å². The Morgan fingerprint density at radius 2 is 1.85 bits per heavy atom. The van der Waals surface area contributed by atoms with Crippen molar-refractivity contribution < 1.29 is 5.11 Å². The number of nitrogens with zero attached hydrogens (tertiary/aromatic N) is 1. The summed E-state index contributed by atoms with van der Waals surface area (Å²) >= 11 is 0. The lowest BCUT2D eigenvalue weighted by atomic mass is 10.1. The van der Waals surface area contributed by atoms with E-state index in [-0.39, 0.29) is 11.5 Å². The zero-order valence-corrected chi connectivity index (χ0v) is 8.44. The molecule has 0 aromatic heterocycles. The van der Waals surface area contributed by atoms with Gasteiger partial charge in [0.2, 0.25) is 0 Å². The molecule has 2 heteroatoms. The van der Waals surface area contributed by atoms with Gasteiger partial charge in [0, 0.05) is 12.1 Å². The molecular weight excluding hydrogens is 162 g/mol. The van der Waals surface area contributed by atoms with Gasteiger partial charge in [-0.2, -0.15) is 0 Å². The Balaban J connectivity index is 2.50. The predicted octanol–water partition coefficient (Wildman–Crippen LogP) is 1.96. The average molecular weight is 179 g/mol. The van der Waals surface area contributed by atoms with Crippen LogP contribution < -0.4 is 0 Å². The lowest BCUT2D eigenvalue weighted by Gasteiger charge is -2.14. The fourth-order valence-corrected chi connectivity index (χ4v) is 1.08. The maximum atomic E-state index is 9.66. The molecule has 72 valence electrons. The second kappa shape index (κ2) is 3.88. The fraction of sp³-hybridized carbons (Fsp3) is 0.545. The van der Waals surface area contributed by atoms with E-state index in [1.165, 1.54) is 0 Å². The maximum Gasteiger partial charge on any atom is 0.0984 e. The van der Waals surface area contributed by atoms with Crippen molar-refractivity contribution in [3.05, 3.63) is 24.3 Å². The fourth-order valence-electron chi connectivity index (χ4n) is 1.08. The quantitative estimate of drug-likeness (QED) is 0.646. The van der Waals surface area contributed by atoms with Gasteiger partial charge in [0.05, 0.1) is 11.6 Å². The lowest BCUT2D eigenvalue weighted by Crippen LogP contribution is -2.20. The SMILES string of the molecule is CC(C)(C)N=CC(O)C1C=CC=C1. The molecule has 0 aromatic rings. The molecule has 0 radical (unpaired) electrons. The van der Waals surface area contributed by atoms with Gasteiger partial charge in [-0.25, -0.2) is 0 Å². The Hall–Kier alpha value is -0.890. The zero-order valence-electron chi connectivity index (χ0n) is 8.44. The first-order valence-corrected chi connectivity index (χ1v) is 4.57. The van der Waals surface area contributed by atoms with Crippen LogP contribution in [0.3, 0.4) is 0 Å². The molecule has 13 heavy (non-hydrogen) atoms. The summed E-state index contributed by atoms with van der Waals surface area (Å²) in [5, 5.41) is 9.66. The van der Waals surface area contributed by atoms with Crippen molar-refractivity contribution in [2.45, 2.75) is 32.4 Å². The molecule has 1 N–H and O–H groups in total. The number of hydrogen-bond donors (Lipinski definition) is 1. The molecule has 1 unspecified atom stereocenters. The maximum absolute atomic E-state index is 9.66. The predicted molar refractivity (Wildman–Crippen MR) is 56.0 cm³/mol. The topological polar surface area (TPSA) is 32.6 Å². The van der Waals surface area contributed by atoms with Crippen LogP contribution in [0.25, 0.3) is 0 Å². The summed E-state index contributed by atoms with van der Waals surface area (Å²) < 4.78 is 0. The number of aliphatic hydroxyl groups is 1. The van der Waals surface area contributed by atoms with E-state index in [0.717, 1.165) is 0 Å². The molecule has 0 aliphatic heterocycles. The Morgan fingerprint density at radius 1 is 1.31 bits per heavy atom. The van der Waals surface area contributed by atoms with Gasteiger partial charge < -0.3 is 5.11 Å². The molecular formula is C11H17NO. The van der Waals surface area contributed by atoms with Gasteiger partial charge in [0.1, 0.15) is 0 Å². The van der Waals surface area contributed by atoms with Crippen molar-refractivity contribution in [3.63, 3.8) is 0 Å². The first-order chi connectivity index (χ1) is 5.99. The van der Waals surface area contributed by atoms with Gasteiger partial charge in [-0.05, 0) is 20.8 Å². The second-order valence-corrected chi connectivity index (χ2v) is 4.29. The molecule has 0 saturated carbocycles. The van der Waals surface area contributed by atoms with E-state index in [1.54, 1.807) is 6.21 Å². The summed E-state index contributed by atoms with van der Waals surface area (Å²) in [6, 6.07) is 0. The Bertz CT molecular complexity index is 233. The van der Waals surface area contributed by atoms with Crippen molar-refractivity contribution in [1.82, 2.24) is 0 Å². The van der Waals surface area contributed by atoms with Crippen LogP contribution >= 0.6 is 0 Å². The molecule has 0 bridgehead atoms. The molecule has 0 fully saturated rings. The van der Waals surface area contributed by atoms with E-state index in [1.807, 2.05) is 45.1 Å². The van der Waals surface area contributed by atoms with Crippen LogP contribution in [-0.2, 0) is 0 Å². The molecule has 1 rings (SSSR count). The second-order valence-electron chi connectivity index (χ2n) is 4.29. The number of hydrogen-bond acceptors (Lipinski definition) is 2. The number of rotatable bonds is 2. The van der Waals surface area contributed by atoms with E-state index in [0.29, 0.717) is 0 Å². The Labute approximate surface area is 79.7 Å². The molecule has 0 amide bonds. The zero-order chi connectivity index (χ0) is 9.90. The first kappa shape index (κ1) is 10.2. The third kappa shape index (κ3) is 3.55. The largest absolute Gasteiger partial charge is 0.387 e. The number of aliphatic imine (C=N–C) groups is 1. The molecule has 1 atom stereocenters. The van der Waals surface area contributed by atoms with Gasteiger partial charge >= 0.3 is 0 Å². The summed E-state index contributed by atoms with van der Waals surface area (Å²) in [5.74, 6) is 0.103. The van der Waals surface area contributed by atoms with Crippen molar-refractivity contribution >= 4 is 6.21 Å². The smallest absolute Gasteiger partial charge is 0.0984 e. The highest BCUT2D eigenvalue weighted by Gasteiger charge is 2.14. The Morgan fingerprint density at radius 3 is 2.31 bits per heavy atom. The molecule has 0 saturated heterocycles. The summed E-state index contributed by atoms with van der Waals surface area (Å²) in [5.41, 5.74) is -0.104. The highest BCUT2D eigenvalue weighted by Crippen LogP contribution is 2.13. The van der Waals surface area contributed by atoms with E-state index >= 15 is 0 Å². The van der Waals surface area contributed by atoms with Crippen molar-refractivity contribution in [3.8, 4) is 0 Å². The van der Waals surface area contributed by atoms with Crippen LogP contribution in [0, 0.1) is 5.92 Å². The summed E-state index contributed by atoms with van der Waals surface area (Å²) in [4.78, 5) is 4.26. The van der Waals surface area contributed by atoms with Gasteiger partial charge in [-0.1, -0.05) is 24.3 Å². The van der Waals surface area contributed by atoms with Crippen LogP contribution in [0.15, 0.2) is 29.3 Å². The van der Waals surface area contributed by atoms with Crippen LogP contribution in [0.2, 0.25) is 0 Å². The third-order valence-electron chi connectivity index (χ3n) is 1.79. The molecule has 2 nitrogen and oxygen atoms in total. The molecule has 1 aliphatic rings. The van der Waals surface area contributed by atoms with Crippen molar-refractivity contribution in [1.29, 1.82) is 0 Å². The third-order valence-corrected chi connectivity index (χ3v) is 1.79. The van der Waals surface area contributed by atoms with E-state index < -0.39 is 6.10 Å². The van der Waals surface area contributed by atoms with Crippen LogP contribution in [0.4, 0.5) is 0 Å². The van der Waals surface area contributed by atoms with E-state index in [4.69, 9.17) is 0 Å². The summed E-state index contributed by atoms with van der Waals surface area (Å²) in [6.45, 7) is 6.03. The minimum atomic E-state index is -0.491. The molecule has 0 spiro atoms. The normalized spacial score (nSPS) is 20.3. The van der Waals surface area contributed by atoms with Crippen LogP contribution in [-0.4, -0.2) is 23.0 Å². The van der Waals surface area contributed by atoms with Gasteiger partial charge in [-0.15, -0.1) is 0 Å². The van der Waals surface area contributed by atoms with Crippen molar-refractivity contribution in [2.24, 2.45) is 10.9 Å². The Kier molecular flexibility index (Phi) is 3.04. The minimum absolute atomic E-state index is 0.103. The standard InChI is InChI=1S/C11H17NO/c1-11(2,3)12-8-10(13)9-6-4-5-7-9/h4-10,13H,1-3H3. The highest BCUT2D eigenvalue weighted by atomic mass is 16.3. The van der Waals surface area contributed by atoms with E-state index in [9.17, 15) is 5.11 Å². The van der Waals surface area contributed by atoms with Gasteiger partial charge in [-0.3, -0.25) is 4.99 Å². The number of allylic oxidation sites excluding steroid dienone is 2.